The minimum Gasteiger partial charge on any atom is -0.294 e. The Labute approximate surface area is 96.8 Å². The van der Waals surface area contributed by atoms with E-state index in [9.17, 15) is 9.18 Å². The number of aromatic nitrogens is 1. The van der Waals surface area contributed by atoms with E-state index in [4.69, 9.17) is 0 Å². The molecule has 0 saturated carbocycles. The molecule has 0 radical (unpaired) electrons. The lowest BCUT2D eigenvalue weighted by atomic mass is 10.1. The van der Waals surface area contributed by atoms with E-state index in [1.807, 2.05) is 0 Å². The average molecular weight is 235 g/mol. The zero-order chi connectivity index (χ0) is 11.5. The molecule has 0 bridgehead atoms. The first-order valence-electron chi connectivity index (χ1n) is 4.83. The monoisotopic (exact) mass is 235 g/mol. The van der Waals surface area contributed by atoms with Crippen molar-refractivity contribution in [1.82, 2.24) is 4.98 Å². The van der Waals surface area contributed by atoms with Crippen LogP contribution in [0.25, 0.3) is 0 Å². The van der Waals surface area contributed by atoms with Crippen molar-refractivity contribution in [3.8, 4) is 0 Å². The highest BCUT2D eigenvalue weighted by molar-refractivity contribution is 7.09. The fourth-order valence-electron chi connectivity index (χ4n) is 1.43. The van der Waals surface area contributed by atoms with Crippen LogP contribution in [0, 0.1) is 12.7 Å². The summed E-state index contributed by atoms with van der Waals surface area (Å²) in [5.41, 5.74) is 2.62. The fraction of sp³-hybridized carbons (Fsp3) is 0.167. The largest absolute Gasteiger partial charge is 0.294 e. The molecule has 0 unspecified atom stereocenters. The number of hydrogen-bond acceptors (Lipinski definition) is 3. The van der Waals surface area contributed by atoms with Crippen LogP contribution in [0.1, 0.15) is 20.8 Å². The fourth-order valence-corrected chi connectivity index (χ4v) is 2.02. The maximum absolute atomic E-state index is 13.5. The minimum absolute atomic E-state index is 0.152. The molecule has 1 aromatic heterocycles. The molecule has 2 rings (SSSR count). The molecular weight excluding hydrogens is 225 g/mol. The lowest BCUT2D eigenvalue weighted by Crippen LogP contribution is -2.05. The molecular formula is C12H10FNOS. The highest BCUT2D eigenvalue weighted by atomic mass is 32.1. The van der Waals surface area contributed by atoms with Gasteiger partial charge in [0.25, 0.3) is 0 Å². The van der Waals surface area contributed by atoms with Crippen LogP contribution >= 0.6 is 11.3 Å². The topological polar surface area (TPSA) is 30.0 Å². The Morgan fingerprint density at radius 3 is 2.94 bits per heavy atom. The Balaban J connectivity index is 2.21. The maximum atomic E-state index is 13.5. The van der Waals surface area contributed by atoms with Crippen molar-refractivity contribution in [3.05, 3.63) is 51.7 Å². The summed E-state index contributed by atoms with van der Waals surface area (Å²) in [7, 11) is 0. The van der Waals surface area contributed by atoms with Gasteiger partial charge in [-0.05, 0) is 24.6 Å². The molecule has 2 nitrogen and oxygen atoms in total. The Morgan fingerprint density at radius 2 is 2.31 bits per heavy atom. The van der Waals surface area contributed by atoms with Gasteiger partial charge >= 0.3 is 0 Å². The van der Waals surface area contributed by atoms with Gasteiger partial charge in [-0.1, -0.05) is 6.07 Å². The van der Waals surface area contributed by atoms with Crippen molar-refractivity contribution in [2.24, 2.45) is 0 Å². The minimum atomic E-state index is -0.450. The second-order valence-corrected chi connectivity index (χ2v) is 4.52. The number of aryl methyl sites for hydroxylation is 1. The van der Waals surface area contributed by atoms with Crippen molar-refractivity contribution in [1.29, 1.82) is 0 Å². The molecule has 1 heterocycles. The Kier molecular flexibility index (Phi) is 3.10. The molecule has 82 valence electrons. The summed E-state index contributed by atoms with van der Waals surface area (Å²) in [5, 5.41) is 0. The zero-order valence-electron chi connectivity index (χ0n) is 8.74. The first-order valence-corrected chi connectivity index (χ1v) is 5.71. The maximum Gasteiger partial charge on any atom is 0.171 e. The van der Waals surface area contributed by atoms with Gasteiger partial charge in [0.1, 0.15) is 5.82 Å². The summed E-state index contributed by atoms with van der Waals surface area (Å²) in [5.74, 6) is -0.656. The molecule has 0 amide bonds. The third-order valence-electron chi connectivity index (χ3n) is 2.24. The van der Waals surface area contributed by atoms with E-state index in [1.165, 1.54) is 23.5 Å². The average Bonchev–Trinajstić information content (AvgIpc) is 2.70. The van der Waals surface area contributed by atoms with E-state index in [1.54, 1.807) is 24.7 Å². The normalized spacial score (nSPS) is 10.4. The second kappa shape index (κ2) is 4.53. The number of carbonyl (C=O) groups is 1. The quantitative estimate of drug-likeness (QED) is 0.765. The van der Waals surface area contributed by atoms with Crippen LogP contribution < -0.4 is 0 Å². The van der Waals surface area contributed by atoms with Gasteiger partial charge in [-0.2, -0.15) is 0 Å². The molecule has 16 heavy (non-hydrogen) atoms. The Morgan fingerprint density at radius 1 is 1.50 bits per heavy atom. The summed E-state index contributed by atoms with van der Waals surface area (Å²) in [6.07, 6.45) is 1.85. The molecule has 1 aromatic carbocycles. The van der Waals surface area contributed by atoms with Crippen LogP contribution in [0.2, 0.25) is 0 Å². The molecule has 0 aliphatic rings. The number of rotatable bonds is 3. The van der Waals surface area contributed by atoms with Crippen molar-refractivity contribution < 1.29 is 9.18 Å². The summed E-state index contributed by atoms with van der Waals surface area (Å²) in [6, 6.07) is 4.65. The van der Waals surface area contributed by atoms with Crippen LogP contribution in [0.4, 0.5) is 4.39 Å². The third-order valence-corrected chi connectivity index (χ3v) is 3.02. The Bertz CT molecular complexity index is 508. The number of halogens is 1. The first kappa shape index (κ1) is 11.0. The number of hydrogen-bond donors (Lipinski definition) is 0. The van der Waals surface area contributed by atoms with E-state index in [-0.39, 0.29) is 17.8 Å². The van der Waals surface area contributed by atoms with Crippen LogP contribution in [-0.4, -0.2) is 10.8 Å². The summed E-state index contributed by atoms with van der Waals surface area (Å²) in [4.78, 5) is 16.5. The van der Waals surface area contributed by atoms with Crippen LogP contribution in [0.3, 0.4) is 0 Å². The molecule has 0 fully saturated rings. The molecule has 0 atom stereocenters. The van der Waals surface area contributed by atoms with Gasteiger partial charge in [-0.25, -0.2) is 4.39 Å². The first-order chi connectivity index (χ1) is 7.66. The predicted molar refractivity (Wildman–Crippen MR) is 61.3 cm³/mol. The summed E-state index contributed by atoms with van der Waals surface area (Å²) < 4.78 is 13.5. The lowest BCUT2D eigenvalue weighted by molar-refractivity contribution is 0.0990. The van der Waals surface area contributed by atoms with Crippen LogP contribution in [0.15, 0.2) is 29.9 Å². The number of carbonyl (C=O) groups excluding carboxylic acids is 1. The van der Waals surface area contributed by atoms with Crippen LogP contribution in [-0.2, 0) is 6.42 Å². The van der Waals surface area contributed by atoms with Gasteiger partial charge < -0.3 is 0 Å². The summed E-state index contributed by atoms with van der Waals surface area (Å²) >= 11 is 1.40. The smallest absolute Gasteiger partial charge is 0.171 e. The van der Waals surface area contributed by atoms with Crippen molar-refractivity contribution in [2.45, 2.75) is 13.3 Å². The molecule has 2 aromatic rings. The van der Waals surface area contributed by atoms with Gasteiger partial charge in [0.2, 0.25) is 0 Å². The van der Waals surface area contributed by atoms with Gasteiger partial charge in [0, 0.05) is 17.5 Å². The predicted octanol–water partition coefficient (Wildman–Crippen LogP) is 3.02. The number of thiazole rings is 1. The number of benzene rings is 1. The van der Waals surface area contributed by atoms with Crippen molar-refractivity contribution in [3.63, 3.8) is 0 Å². The highest BCUT2D eigenvalue weighted by Crippen LogP contribution is 2.15. The zero-order valence-corrected chi connectivity index (χ0v) is 9.55. The lowest BCUT2D eigenvalue weighted by Gasteiger charge is -2.02. The van der Waals surface area contributed by atoms with Gasteiger partial charge in [-0.15, -0.1) is 11.3 Å². The van der Waals surface area contributed by atoms with Gasteiger partial charge in [0.15, 0.2) is 5.78 Å². The third kappa shape index (κ3) is 2.33. The van der Waals surface area contributed by atoms with Crippen LogP contribution in [0.5, 0.6) is 0 Å². The van der Waals surface area contributed by atoms with E-state index < -0.39 is 5.82 Å². The molecule has 0 saturated heterocycles. The standard InChI is InChI=1S/C12H10FNOS/c1-8-2-3-10(11(13)4-8)12(15)5-9-6-14-7-16-9/h2-4,6-7H,5H2,1H3. The van der Waals surface area contributed by atoms with Gasteiger partial charge in [-0.3, -0.25) is 9.78 Å². The summed E-state index contributed by atoms with van der Waals surface area (Å²) in [6.45, 7) is 1.79. The SMILES string of the molecule is Cc1ccc(C(=O)Cc2cncs2)c(F)c1. The van der Waals surface area contributed by atoms with E-state index in [2.05, 4.69) is 4.98 Å². The second-order valence-electron chi connectivity index (χ2n) is 3.55. The number of nitrogens with zero attached hydrogens (tertiary/aromatic N) is 1. The van der Waals surface area contributed by atoms with Crippen molar-refractivity contribution >= 4 is 17.1 Å². The molecule has 0 aliphatic carbocycles. The van der Waals surface area contributed by atoms with E-state index >= 15 is 0 Å². The Hall–Kier alpha value is -1.55. The number of Topliss-reactive ketones (excluding diaryl/α,β-unsaturated/α-hetero) is 1. The highest BCUT2D eigenvalue weighted by Gasteiger charge is 2.12. The van der Waals surface area contributed by atoms with E-state index in [0.717, 1.165) is 10.4 Å². The molecule has 0 aliphatic heterocycles. The molecule has 0 spiro atoms. The molecule has 0 N–H and O–H groups in total. The molecule has 4 heteroatoms. The number of ketones is 1. The van der Waals surface area contributed by atoms with Gasteiger partial charge in [0.05, 0.1) is 11.1 Å². The van der Waals surface area contributed by atoms with Crippen molar-refractivity contribution in [2.75, 3.05) is 0 Å². The van der Waals surface area contributed by atoms with E-state index in [0.29, 0.717) is 0 Å².